The first-order valence-electron chi connectivity index (χ1n) is 6.36. The molecule has 0 N–H and O–H groups in total. The van der Waals surface area contributed by atoms with Crippen molar-refractivity contribution in [2.45, 2.75) is 26.7 Å². The van der Waals surface area contributed by atoms with Gasteiger partial charge in [-0.05, 0) is 51.1 Å². The number of carbonyl (C=O) groups excluding carboxylic acids is 1. The highest BCUT2D eigenvalue weighted by Crippen LogP contribution is 2.22. The minimum atomic E-state index is -0.139. The monoisotopic (exact) mass is 266 g/mol. The van der Waals surface area contributed by atoms with Gasteiger partial charge in [-0.1, -0.05) is 0 Å². The molecule has 0 unspecified atom stereocenters. The van der Waals surface area contributed by atoms with Crippen LogP contribution in [0.15, 0.2) is 23.6 Å². The van der Waals surface area contributed by atoms with Crippen LogP contribution in [0.2, 0.25) is 0 Å². The lowest BCUT2D eigenvalue weighted by Crippen LogP contribution is -2.27. The third-order valence-corrected chi connectivity index (χ3v) is 3.57. The van der Waals surface area contributed by atoms with Gasteiger partial charge in [-0.25, -0.2) is 0 Å². The minimum absolute atomic E-state index is 0.139. The second kappa shape index (κ2) is 5.52. The van der Waals surface area contributed by atoms with Crippen molar-refractivity contribution in [2.24, 2.45) is 0 Å². The normalized spacial score (nSPS) is 24.6. The van der Waals surface area contributed by atoms with E-state index in [0.29, 0.717) is 12.3 Å². The molecule has 0 aromatic rings. The molecule has 2 fully saturated rings. The summed E-state index contributed by atoms with van der Waals surface area (Å²) in [6.07, 6.45) is 5.96. The lowest BCUT2D eigenvalue weighted by Gasteiger charge is -2.16. The lowest BCUT2D eigenvalue weighted by atomic mass is 10.2. The van der Waals surface area contributed by atoms with Crippen molar-refractivity contribution in [3.05, 3.63) is 23.6 Å². The topological polar surface area (TPSA) is 32.8 Å². The van der Waals surface area contributed by atoms with Gasteiger partial charge in [0.05, 0.1) is 0 Å². The van der Waals surface area contributed by atoms with Gasteiger partial charge in [0.25, 0.3) is 11.1 Å². The fourth-order valence-corrected chi connectivity index (χ4v) is 2.56. The Kier molecular flexibility index (Phi) is 4.01. The van der Waals surface area contributed by atoms with Crippen LogP contribution >= 0.6 is 12.2 Å². The number of nitrogens with zero attached hydrogens (tertiary/aromatic N) is 2. The van der Waals surface area contributed by atoms with Crippen molar-refractivity contribution in [3.8, 4) is 0 Å². The SMILES string of the molecule is CCN1C(=O)/C(=C\C=C2/CCCN2CC)OC1=S. The average molecular weight is 266 g/mol. The molecule has 0 aromatic carbocycles. The fourth-order valence-electron chi connectivity index (χ4n) is 2.26. The molecule has 4 nitrogen and oxygen atoms in total. The summed E-state index contributed by atoms with van der Waals surface area (Å²) in [5, 5.41) is 0.255. The molecule has 2 heterocycles. The Labute approximate surface area is 113 Å². The van der Waals surface area contributed by atoms with Gasteiger partial charge in [-0.15, -0.1) is 0 Å². The predicted molar refractivity (Wildman–Crippen MR) is 73.7 cm³/mol. The van der Waals surface area contributed by atoms with Crippen LogP contribution in [0.4, 0.5) is 0 Å². The lowest BCUT2D eigenvalue weighted by molar-refractivity contribution is -0.122. The van der Waals surface area contributed by atoms with Crippen molar-refractivity contribution in [1.82, 2.24) is 9.80 Å². The van der Waals surface area contributed by atoms with E-state index in [1.807, 2.05) is 13.0 Å². The average Bonchev–Trinajstić information content (AvgIpc) is 2.91. The molecule has 1 amide bonds. The third-order valence-electron chi connectivity index (χ3n) is 3.27. The Morgan fingerprint density at radius 1 is 1.33 bits per heavy atom. The molecule has 0 saturated carbocycles. The van der Waals surface area contributed by atoms with Crippen molar-refractivity contribution >= 4 is 23.3 Å². The zero-order valence-corrected chi connectivity index (χ0v) is 11.6. The molecule has 2 aliphatic rings. The quantitative estimate of drug-likeness (QED) is 0.578. The second-order valence-corrected chi connectivity index (χ2v) is 4.64. The summed E-state index contributed by atoms with van der Waals surface area (Å²) < 4.78 is 5.31. The molecule has 0 aliphatic carbocycles. The molecule has 5 heteroatoms. The number of thiocarbonyl (C=S) groups is 1. The van der Waals surface area contributed by atoms with Crippen LogP contribution in [0.3, 0.4) is 0 Å². The zero-order chi connectivity index (χ0) is 13.1. The molecule has 0 aromatic heterocycles. The maximum atomic E-state index is 11.9. The summed E-state index contributed by atoms with van der Waals surface area (Å²) in [5.41, 5.74) is 1.27. The van der Waals surface area contributed by atoms with E-state index in [1.54, 1.807) is 6.08 Å². The van der Waals surface area contributed by atoms with Gasteiger partial charge >= 0.3 is 0 Å². The molecule has 0 bridgehead atoms. The smallest absolute Gasteiger partial charge is 0.297 e. The Hall–Kier alpha value is -1.36. The highest BCUT2D eigenvalue weighted by atomic mass is 32.1. The summed E-state index contributed by atoms with van der Waals surface area (Å²) >= 11 is 5.00. The number of allylic oxidation sites excluding steroid dienone is 3. The standard InChI is InChI=1S/C13H18N2O2S/c1-3-14-9-5-6-10(14)7-8-11-12(16)15(4-2)13(18)17-11/h7-8H,3-6,9H2,1-2H3/b10-7+,11-8+. The van der Waals surface area contributed by atoms with E-state index in [4.69, 9.17) is 17.0 Å². The van der Waals surface area contributed by atoms with Crippen LogP contribution in [-0.2, 0) is 9.53 Å². The van der Waals surface area contributed by atoms with Gasteiger partial charge in [0.2, 0.25) is 0 Å². The van der Waals surface area contributed by atoms with Crippen molar-refractivity contribution in [3.63, 3.8) is 0 Å². The van der Waals surface area contributed by atoms with Gasteiger partial charge < -0.3 is 9.64 Å². The maximum absolute atomic E-state index is 11.9. The molecular weight excluding hydrogens is 248 g/mol. The van der Waals surface area contributed by atoms with Crippen molar-refractivity contribution in [1.29, 1.82) is 0 Å². The summed E-state index contributed by atoms with van der Waals surface area (Å²) in [5.74, 6) is 0.192. The van der Waals surface area contributed by atoms with Gasteiger partial charge in [-0.2, -0.15) is 0 Å². The van der Waals surface area contributed by atoms with E-state index in [9.17, 15) is 4.79 Å². The zero-order valence-electron chi connectivity index (χ0n) is 10.8. The largest absolute Gasteiger partial charge is 0.426 e. The predicted octanol–water partition coefficient (Wildman–Crippen LogP) is 2.03. The van der Waals surface area contributed by atoms with Crippen LogP contribution in [0.1, 0.15) is 26.7 Å². The number of hydrogen-bond donors (Lipinski definition) is 0. The number of rotatable bonds is 3. The van der Waals surface area contributed by atoms with Gasteiger partial charge in [-0.3, -0.25) is 9.69 Å². The molecule has 2 rings (SSSR count). The summed E-state index contributed by atoms with van der Waals surface area (Å²) in [6.45, 7) is 6.66. The van der Waals surface area contributed by atoms with Gasteiger partial charge in [0, 0.05) is 25.3 Å². The number of ether oxygens (including phenoxy) is 1. The Balaban J connectivity index is 2.13. The first kappa shape index (κ1) is 13.1. The first-order chi connectivity index (χ1) is 8.67. The van der Waals surface area contributed by atoms with E-state index in [2.05, 4.69) is 11.8 Å². The van der Waals surface area contributed by atoms with E-state index >= 15 is 0 Å². The highest BCUT2D eigenvalue weighted by molar-refractivity contribution is 7.80. The van der Waals surface area contributed by atoms with Crippen LogP contribution in [0.25, 0.3) is 0 Å². The third kappa shape index (κ3) is 2.41. The van der Waals surface area contributed by atoms with Crippen LogP contribution < -0.4 is 0 Å². The molecule has 0 spiro atoms. The fraction of sp³-hybridized carbons (Fsp3) is 0.538. The number of amides is 1. The van der Waals surface area contributed by atoms with E-state index in [0.717, 1.165) is 19.5 Å². The van der Waals surface area contributed by atoms with Crippen LogP contribution in [-0.4, -0.2) is 40.5 Å². The van der Waals surface area contributed by atoms with Crippen molar-refractivity contribution < 1.29 is 9.53 Å². The molecule has 2 saturated heterocycles. The molecule has 0 radical (unpaired) electrons. The second-order valence-electron chi connectivity index (χ2n) is 4.29. The maximum Gasteiger partial charge on any atom is 0.297 e. The highest BCUT2D eigenvalue weighted by Gasteiger charge is 2.31. The molecule has 2 aliphatic heterocycles. The van der Waals surface area contributed by atoms with E-state index < -0.39 is 0 Å². The van der Waals surface area contributed by atoms with Crippen molar-refractivity contribution in [2.75, 3.05) is 19.6 Å². The number of likely N-dealkylation sites (N-methyl/N-ethyl adjacent to an activating group) is 1. The molecule has 18 heavy (non-hydrogen) atoms. The minimum Gasteiger partial charge on any atom is -0.426 e. The molecular formula is C13H18N2O2S. The number of hydrogen-bond acceptors (Lipinski definition) is 4. The first-order valence-corrected chi connectivity index (χ1v) is 6.77. The Morgan fingerprint density at radius 3 is 2.72 bits per heavy atom. The molecule has 98 valence electrons. The Morgan fingerprint density at radius 2 is 2.11 bits per heavy atom. The summed E-state index contributed by atoms with van der Waals surface area (Å²) in [7, 11) is 0. The molecule has 0 atom stereocenters. The van der Waals surface area contributed by atoms with Crippen LogP contribution in [0.5, 0.6) is 0 Å². The van der Waals surface area contributed by atoms with E-state index in [-0.39, 0.29) is 11.1 Å². The van der Waals surface area contributed by atoms with E-state index in [1.165, 1.54) is 17.0 Å². The number of carbonyl (C=O) groups is 1. The number of likely N-dealkylation sites (tertiary alicyclic amines) is 1. The van der Waals surface area contributed by atoms with Crippen LogP contribution in [0, 0.1) is 0 Å². The van der Waals surface area contributed by atoms with Gasteiger partial charge in [0.15, 0.2) is 5.76 Å². The summed E-state index contributed by atoms with van der Waals surface area (Å²) in [4.78, 5) is 15.7. The Bertz CT molecular complexity index is 429. The summed E-state index contributed by atoms with van der Waals surface area (Å²) in [6, 6.07) is 0. The van der Waals surface area contributed by atoms with Gasteiger partial charge in [0.1, 0.15) is 0 Å².